The van der Waals surface area contributed by atoms with Crippen molar-refractivity contribution in [2.24, 2.45) is 0 Å². The first-order chi connectivity index (χ1) is 21.1. The van der Waals surface area contributed by atoms with E-state index < -0.39 is 43.2 Å². The molecule has 11 nitrogen and oxygen atoms in total. The van der Waals surface area contributed by atoms with E-state index in [2.05, 4.69) is 10.3 Å². The molecule has 1 heterocycles. The largest absolute Gasteiger partial charge is 0.494 e. The molecule has 0 bridgehead atoms. The smallest absolute Gasteiger partial charge is 0.325 e. The lowest BCUT2D eigenvalue weighted by Crippen LogP contribution is -2.34. The van der Waals surface area contributed by atoms with E-state index in [1.54, 1.807) is 6.92 Å². The number of benzene rings is 2. The summed E-state index contributed by atoms with van der Waals surface area (Å²) in [6.07, 6.45) is 0.674. The second kappa shape index (κ2) is 16.2. The molecule has 0 spiro atoms. The molecule has 0 fully saturated rings. The minimum atomic E-state index is -0.711. The summed E-state index contributed by atoms with van der Waals surface area (Å²) < 4.78 is 33.4. The molecule has 0 radical (unpaired) electrons. The molecular formula is C33H40N2O9. The lowest BCUT2D eigenvalue weighted by molar-refractivity contribution is -0.148. The number of methoxy groups -OCH3 is 1. The molecule has 0 aliphatic heterocycles. The van der Waals surface area contributed by atoms with Gasteiger partial charge in [-0.3, -0.25) is 14.4 Å². The highest BCUT2D eigenvalue weighted by molar-refractivity contribution is 5.97. The van der Waals surface area contributed by atoms with Gasteiger partial charge in [0.15, 0.2) is 17.2 Å². The van der Waals surface area contributed by atoms with Gasteiger partial charge >= 0.3 is 11.9 Å². The number of aryl methyl sites for hydroxylation is 2. The third-order valence-corrected chi connectivity index (χ3v) is 6.56. The SMILES string of the molecule is CCOc1cc(C)ccc1C(c1ccc(C)cc1OCC)C(C)OC(=O)CNC(=O)c1nccc(OC)c1OCOC(C)=O. The number of hydrogen-bond acceptors (Lipinski definition) is 10. The van der Waals surface area contributed by atoms with Crippen molar-refractivity contribution in [3.8, 4) is 23.0 Å². The Kier molecular flexibility index (Phi) is 12.4. The maximum absolute atomic E-state index is 13.1. The summed E-state index contributed by atoms with van der Waals surface area (Å²) >= 11 is 0. The fraction of sp³-hybridized carbons (Fsp3) is 0.394. The molecule has 0 aliphatic carbocycles. The van der Waals surface area contributed by atoms with Crippen molar-refractivity contribution in [1.82, 2.24) is 10.3 Å². The third kappa shape index (κ3) is 8.85. The zero-order valence-corrected chi connectivity index (χ0v) is 26.2. The highest BCUT2D eigenvalue weighted by Crippen LogP contribution is 2.41. The predicted molar refractivity (Wildman–Crippen MR) is 162 cm³/mol. The zero-order chi connectivity index (χ0) is 32.2. The molecule has 1 atom stereocenters. The number of pyridine rings is 1. The van der Waals surface area contributed by atoms with E-state index in [-0.39, 0.29) is 17.2 Å². The van der Waals surface area contributed by atoms with Crippen molar-refractivity contribution in [3.63, 3.8) is 0 Å². The monoisotopic (exact) mass is 608 g/mol. The topological polar surface area (TPSA) is 132 Å². The molecular weight excluding hydrogens is 568 g/mol. The van der Waals surface area contributed by atoms with Crippen LogP contribution in [0.15, 0.2) is 48.7 Å². The van der Waals surface area contributed by atoms with Crippen molar-refractivity contribution in [2.75, 3.05) is 33.7 Å². The van der Waals surface area contributed by atoms with Crippen LogP contribution in [-0.2, 0) is 19.1 Å². The Labute approximate surface area is 257 Å². The molecule has 3 rings (SSSR count). The normalized spacial score (nSPS) is 11.4. The number of amides is 1. The fourth-order valence-corrected chi connectivity index (χ4v) is 4.65. The number of aromatic nitrogens is 1. The van der Waals surface area contributed by atoms with Crippen molar-refractivity contribution in [2.45, 2.75) is 53.6 Å². The average Bonchev–Trinajstić information content (AvgIpc) is 2.98. The Bertz CT molecular complexity index is 1400. The Morgan fingerprint density at radius 1 is 0.864 bits per heavy atom. The molecule has 1 amide bonds. The summed E-state index contributed by atoms with van der Waals surface area (Å²) in [6, 6.07) is 13.3. The van der Waals surface area contributed by atoms with Gasteiger partial charge in [-0.15, -0.1) is 0 Å². The van der Waals surface area contributed by atoms with Crippen LogP contribution in [-0.4, -0.2) is 62.6 Å². The van der Waals surface area contributed by atoms with Gasteiger partial charge in [0.05, 0.1) is 26.2 Å². The molecule has 0 saturated heterocycles. The van der Waals surface area contributed by atoms with Gasteiger partial charge in [-0.1, -0.05) is 24.3 Å². The standard InChI is InChI=1S/C33H40N2O9/c1-8-40-27-16-20(3)10-12-24(27)30(25-13-11-21(4)17-28(25)41-9-2)22(5)44-29(37)18-35-33(38)31-32(43-19-42-23(6)36)26(39-7)14-15-34-31/h10-17,22,30H,8-9,18-19H2,1-7H3,(H,35,38). The molecule has 0 saturated carbocycles. The van der Waals surface area contributed by atoms with Gasteiger partial charge in [-0.05, 0) is 57.9 Å². The van der Waals surface area contributed by atoms with E-state index >= 15 is 0 Å². The van der Waals surface area contributed by atoms with E-state index in [0.29, 0.717) is 24.7 Å². The van der Waals surface area contributed by atoms with Crippen LogP contribution in [0.4, 0.5) is 0 Å². The summed E-state index contributed by atoms with van der Waals surface area (Å²) in [5, 5.41) is 2.52. The van der Waals surface area contributed by atoms with Crippen LogP contribution < -0.4 is 24.3 Å². The highest BCUT2D eigenvalue weighted by atomic mass is 16.7. The molecule has 44 heavy (non-hydrogen) atoms. The first kappa shape index (κ1) is 33.7. The highest BCUT2D eigenvalue weighted by Gasteiger charge is 2.31. The molecule has 236 valence electrons. The number of ether oxygens (including phenoxy) is 6. The number of esters is 2. The zero-order valence-electron chi connectivity index (χ0n) is 26.2. The van der Waals surface area contributed by atoms with Crippen molar-refractivity contribution in [1.29, 1.82) is 0 Å². The first-order valence-electron chi connectivity index (χ1n) is 14.3. The number of rotatable bonds is 15. The Morgan fingerprint density at radius 2 is 1.45 bits per heavy atom. The Balaban J connectivity index is 1.85. The van der Waals surface area contributed by atoms with Gasteiger partial charge in [-0.2, -0.15) is 0 Å². The maximum Gasteiger partial charge on any atom is 0.325 e. The predicted octanol–water partition coefficient (Wildman–Crippen LogP) is 4.90. The maximum atomic E-state index is 13.1. The van der Waals surface area contributed by atoms with Crippen LogP contribution in [0.25, 0.3) is 0 Å². The van der Waals surface area contributed by atoms with Gasteiger partial charge < -0.3 is 33.7 Å². The number of carbonyl (C=O) groups excluding carboxylic acids is 3. The summed E-state index contributed by atoms with van der Waals surface area (Å²) in [6.45, 7) is 10.8. The van der Waals surface area contributed by atoms with E-state index in [9.17, 15) is 14.4 Å². The number of hydrogen-bond donors (Lipinski definition) is 1. The average molecular weight is 609 g/mol. The van der Waals surface area contributed by atoms with E-state index in [4.69, 9.17) is 28.4 Å². The second-order valence-electron chi connectivity index (χ2n) is 9.89. The van der Waals surface area contributed by atoms with Crippen LogP contribution in [0.1, 0.15) is 66.4 Å². The van der Waals surface area contributed by atoms with Gasteiger partial charge in [0, 0.05) is 30.3 Å². The van der Waals surface area contributed by atoms with E-state index in [1.165, 1.54) is 26.3 Å². The Hall–Kier alpha value is -4.80. The van der Waals surface area contributed by atoms with E-state index in [1.807, 2.05) is 64.1 Å². The van der Waals surface area contributed by atoms with Crippen molar-refractivity contribution >= 4 is 17.8 Å². The minimum Gasteiger partial charge on any atom is -0.494 e. The van der Waals surface area contributed by atoms with Crippen molar-refractivity contribution in [3.05, 3.63) is 76.6 Å². The van der Waals surface area contributed by atoms with Crippen LogP contribution in [0.2, 0.25) is 0 Å². The van der Waals surface area contributed by atoms with Gasteiger partial charge in [0.2, 0.25) is 6.79 Å². The lowest BCUT2D eigenvalue weighted by atomic mass is 9.85. The molecule has 3 aromatic rings. The molecule has 2 aromatic carbocycles. The van der Waals surface area contributed by atoms with Crippen LogP contribution in [0.3, 0.4) is 0 Å². The number of nitrogens with one attached hydrogen (secondary N) is 1. The minimum absolute atomic E-state index is 0.0406. The third-order valence-electron chi connectivity index (χ3n) is 6.56. The van der Waals surface area contributed by atoms with Crippen LogP contribution in [0, 0.1) is 13.8 Å². The fourth-order valence-electron chi connectivity index (χ4n) is 4.65. The summed E-state index contributed by atoms with van der Waals surface area (Å²) in [5.41, 5.74) is 3.57. The van der Waals surface area contributed by atoms with Gasteiger partial charge in [-0.25, -0.2) is 4.98 Å². The molecule has 1 unspecified atom stereocenters. The Morgan fingerprint density at radius 3 is 1.98 bits per heavy atom. The molecule has 0 aliphatic rings. The number of carbonyl (C=O) groups is 3. The summed E-state index contributed by atoms with van der Waals surface area (Å²) in [4.78, 5) is 41.3. The number of nitrogens with zero attached hydrogens (tertiary/aromatic N) is 1. The van der Waals surface area contributed by atoms with Crippen LogP contribution in [0.5, 0.6) is 23.0 Å². The summed E-state index contributed by atoms with van der Waals surface area (Å²) in [5.74, 6) is -0.867. The first-order valence-corrected chi connectivity index (χ1v) is 14.3. The quantitative estimate of drug-likeness (QED) is 0.188. The van der Waals surface area contributed by atoms with Crippen LogP contribution >= 0.6 is 0 Å². The van der Waals surface area contributed by atoms with E-state index in [0.717, 1.165) is 22.3 Å². The lowest BCUT2D eigenvalue weighted by Gasteiger charge is -2.28. The van der Waals surface area contributed by atoms with Gasteiger partial charge in [0.1, 0.15) is 24.1 Å². The van der Waals surface area contributed by atoms with Crippen molar-refractivity contribution < 1.29 is 42.8 Å². The molecule has 11 heteroatoms. The molecule has 1 aromatic heterocycles. The summed E-state index contributed by atoms with van der Waals surface area (Å²) in [7, 11) is 1.39. The van der Waals surface area contributed by atoms with Gasteiger partial charge in [0.25, 0.3) is 5.91 Å². The molecule has 1 N–H and O–H groups in total. The second-order valence-corrected chi connectivity index (χ2v) is 9.89.